The van der Waals surface area contributed by atoms with Crippen LogP contribution < -0.4 is 4.90 Å². The molecule has 1 N–H and O–H groups in total. The highest BCUT2D eigenvalue weighted by atomic mass is 16.4. The predicted molar refractivity (Wildman–Crippen MR) is 70.7 cm³/mol. The molecule has 0 amide bonds. The molecule has 18 heavy (non-hydrogen) atoms. The van der Waals surface area contributed by atoms with Gasteiger partial charge in [0.2, 0.25) is 0 Å². The lowest BCUT2D eigenvalue weighted by molar-refractivity contribution is -0.131. The number of aryl methyl sites for hydroxylation is 2. The molecule has 1 aromatic heterocycles. The number of aliphatic carboxylic acids is 1. The summed E-state index contributed by atoms with van der Waals surface area (Å²) in [4.78, 5) is 12.9. The number of carboxylic acid groups (broad SMARTS) is 1. The standard InChI is InChI=1S/C13H19N3O2/c1-10-11(6-7-12(17)18)13(15(2)14-10)16-8-4-3-5-9-16/h6-7H,3-5,8-9H2,1-2H3,(H,17,18)/b7-6+. The summed E-state index contributed by atoms with van der Waals surface area (Å²) in [6, 6.07) is 0. The first kappa shape index (κ1) is 12.7. The average Bonchev–Trinajstić information content (AvgIpc) is 2.62. The van der Waals surface area contributed by atoms with Gasteiger partial charge < -0.3 is 10.0 Å². The van der Waals surface area contributed by atoms with Crippen molar-refractivity contribution in [1.29, 1.82) is 0 Å². The molecular formula is C13H19N3O2. The lowest BCUT2D eigenvalue weighted by atomic mass is 10.1. The molecule has 0 saturated carbocycles. The summed E-state index contributed by atoms with van der Waals surface area (Å²) in [5.41, 5.74) is 1.79. The summed E-state index contributed by atoms with van der Waals surface area (Å²) in [5.74, 6) is 0.104. The van der Waals surface area contributed by atoms with E-state index in [-0.39, 0.29) is 0 Å². The van der Waals surface area contributed by atoms with E-state index in [2.05, 4.69) is 10.00 Å². The Kier molecular flexibility index (Phi) is 3.69. The molecular weight excluding hydrogens is 230 g/mol. The van der Waals surface area contributed by atoms with Crippen LogP contribution in [0.5, 0.6) is 0 Å². The maximum absolute atomic E-state index is 10.7. The van der Waals surface area contributed by atoms with Crippen molar-refractivity contribution in [3.05, 3.63) is 17.3 Å². The summed E-state index contributed by atoms with van der Waals surface area (Å²) in [5, 5.41) is 13.1. The fourth-order valence-corrected chi connectivity index (χ4v) is 2.49. The Morgan fingerprint density at radius 2 is 2.00 bits per heavy atom. The van der Waals surface area contributed by atoms with Crippen molar-refractivity contribution >= 4 is 17.9 Å². The molecule has 1 aliphatic heterocycles. The third kappa shape index (κ3) is 2.55. The quantitative estimate of drug-likeness (QED) is 0.830. The number of piperidine rings is 1. The Morgan fingerprint density at radius 1 is 1.33 bits per heavy atom. The van der Waals surface area contributed by atoms with Gasteiger partial charge >= 0.3 is 5.97 Å². The summed E-state index contributed by atoms with van der Waals surface area (Å²) in [6.07, 6.45) is 6.47. The molecule has 98 valence electrons. The molecule has 0 aromatic carbocycles. The Morgan fingerprint density at radius 3 is 2.61 bits per heavy atom. The first-order valence-electron chi connectivity index (χ1n) is 6.29. The highest BCUT2D eigenvalue weighted by Crippen LogP contribution is 2.27. The zero-order valence-electron chi connectivity index (χ0n) is 10.9. The van der Waals surface area contributed by atoms with E-state index in [4.69, 9.17) is 5.11 Å². The van der Waals surface area contributed by atoms with Gasteiger partial charge in [0, 0.05) is 31.8 Å². The van der Waals surface area contributed by atoms with Gasteiger partial charge in [0.15, 0.2) is 0 Å². The topological polar surface area (TPSA) is 58.4 Å². The van der Waals surface area contributed by atoms with E-state index in [1.807, 2.05) is 18.7 Å². The number of carboxylic acids is 1. The lowest BCUT2D eigenvalue weighted by Crippen LogP contribution is -2.31. The molecule has 0 atom stereocenters. The maximum Gasteiger partial charge on any atom is 0.328 e. The van der Waals surface area contributed by atoms with Gasteiger partial charge in [0.25, 0.3) is 0 Å². The fourth-order valence-electron chi connectivity index (χ4n) is 2.49. The Labute approximate surface area is 107 Å². The third-order valence-electron chi connectivity index (χ3n) is 3.29. The van der Waals surface area contributed by atoms with E-state index >= 15 is 0 Å². The van der Waals surface area contributed by atoms with Crippen molar-refractivity contribution in [2.45, 2.75) is 26.2 Å². The Bertz CT molecular complexity index is 471. The van der Waals surface area contributed by atoms with Crippen molar-refractivity contribution in [3.8, 4) is 0 Å². The SMILES string of the molecule is Cc1nn(C)c(N2CCCCC2)c1/C=C/C(=O)O. The minimum atomic E-state index is -0.928. The van der Waals surface area contributed by atoms with Gasteiger partial charge in [-0.2, -0.15) is 5.10 Å². The lowest BCUT2D eigenvalue weighted by Gasteiger charge is -2.29. The van der Waals surface area contributed by atoms with Crippen LogP contribution in [-0.2, 0) is 11.8 Å². The molecule has 0 bridgehead atoms. The number of aromatic nitrogens is 2. The zero-order chi connectivity index (χ0) is 13.1. The molecule has 1 aliphatic rings. The first-order valence-corrected chi connectivity index (χ1v) is 6.29. The number of carbonyl (C=O) groups is 1. The van der Waals surface area contributed by atoms with Gasteiger partial charge in [-0.3, -0.25) is 4.68 Å². The van der Waals surface area contributed by atoms with Gasteiger partial charge in [-0.15, -0.1) is 0 Å². The second-order valence-electron chi connectivity index (χ2n) is 4.67. The Hall–Kier alpha value is -1.78. The van der Waals surface area contributed by atoms with Crippen LogP contribution in [0.2, 0.25) is 0 Å². The van der Waals surface area contributed by atoms with Crippen LogP contribution in [0.25, 0.3) is 6.08 Å². The fraction of sp³-hybridized carbons (Fsp3) is 0.538. The van der Waals surface area contributed by atoms with Crippen molar-refractivity contribution in [2.75, 3.05) is 18.0 Å². The van der Waals surface area contributed by atoms with E-state index < -0.39 is 5.97 Å². The number of hydrogen-bond acceptors (Lipinski definition) is 3. The van der Waals surface area contributed by atoms with E-state index in [1.165, 1.54) is 25.3 Å². The van der Waals surface area contributed by atoms with Crippen LogP contribution in [0.4, 0.5) is 5.82 Å². The molecule has 2 heterocycles. The number of rotatable bonds is 3. The molecule has 5 heteroatoms. The predicted octanol–water partition coefficient (Wildman–Crippen LogP) is 1.82. The van der Waals surface area contributed by atoms with E-state index in [1.54, 1.807) is 6.08 Å². The van der Waals surface area contributed by atoms with Gasteiger partial charge in [0.1, 0.15) is 5.82 Å². The summed E-state index contributed by atoms with van der Waals surface area (Å²) in [6.45, 7) is 3.95. The number of hydrogen-bond donors (Lipinski definition) is 1. The summed E-state index contributed by atoms with van der Waals surface area (Å²) in [7, 11) is 1.91. The molecule has 0 spiro atoms. The second kappa shape index (κ2) is 5.25. The van der Waals surface area contributed by atoms with Gasteiger partial charge in [-0.1, -0.05) is 0 Å². The average molecular weight is 249 g/mol. The molecule has 0 unspecified atom stereocenters. The largest absolute Gasteiger partial charge is 0.478 e. The monoisotopic (exact) mass is 249 g/mol. The van der Waals surface area contributed by atoms with Crippen molar-refractivity contribution in [1.82, 2.24) is 9.78 Å². The van der Waals surface area contributed by atoms with Crippen LogP contribution in [0.15, 0.2) is 6.08 Å². The normalized spacial score (nSPS) is 16.4. The third-order valence-corrected chi connectivity index (χ3v) is 3.29. The minimum absolute atomic E-state index is 0.871. The van der Waals surface area contributed by atoms with Crippen LogP contribution in [0.3, 0.4) is 0 Å². The highest BCUT2D eigenvalue weighted by Gasteiger charge is 2.19. The van der Waals surface area contributed by atoms with Crippen molar-refractivity contribution in [2.24, 2.45) is 7.05 Å². The minimum Gasteiger partial charge on any atom is -0.478 e. The van der Waals surface area contributed by atoms with Gasteiger partial charge in [0.05, 0.1) is 5.69 Å². The number of anilines is 1. The van der Waals surface area contributed by atoms with Crippen molar-refractivity contribution < 1.29 is 9.90 Å². The van der Waals surface area contributed by atoms with Crippen LogP contribution >= 0.6 is 0 Å². The second-order valence-corrected chi connectivity index (χ2v) is 4.67. The molecule has 5 nitrogen and oxygen atoms in total. The number of nitrogens with zero attached hydrogens (tertiary/aromatic N) is 3. The highest BCUT2D eigenvalue weighted by molar-refractivity contribution is 5.87. The first-order chi connectivity index (χ1) is 8.59. The van der Waals surface area contributed by atoms with E-state index in [9.17, 15) is 4.79 Å². The van der Waals surface area contributed by atoms with Gasteiger partial charge in [-0.25, -0.2) is 4.79 Å². The van der Waals surface area contributed by atoms with Crippen LogP contribution in [0.1, 0.15) is 30.5 Å². The summed E-state index contributed by atoms with van der Waals surface area (Å²) >= 11 is 0. The molecule has 1 aromatic rings. The van der Waals surface area contributed by atoms with Gasteiger partial charge in [-0.05, 0) is 32.3 Å². The molecule has 0 aliphatic carbocycles. The van der Waals surface area contributed by atoms with Crippen molar-refractivity contribution in [3.63, 3.8) is 0 Å². The Balaban J connectivity index is 2.35. The van der Waals surface area contributed by atoms with E-state index in [0.717, 1.165) is 30.2 Å². The molecule has 1 fully saturated rings. The van der Waals surface area contributed by atoms with Crippen LogP contribution in [-0.4, -0.2) is 33.9 Å². The molecule has 0 radical (unpaired) electrons. The summed E-state index contributed by atoms with van der Waals surface area (Å²) < 4.78 is 1.85. The zero-order valence-corrected chi connectivity index (χ0v) is 10.9. The smallest absolute Gasteiger partial charge is 0.328 e. The molecule has 2 rings (SSSR count). The molecule has 1 saturated heterocycles. The maximum atomic E-state index is 10.7. The van der Waals surface area contributed by atoms with Crippen LogP contribution in [0, 0.1) is 6.92 Å². The van der Waals surface area contributed by atoms with E-state index in [0.29, 0.717) is 0 Å².